The largest absolute Gasteiger partial charge is 0.497 e. The molecule has 0 radical (unpaired) electrons. The van der Waals surface area contributed by atoms with Gasteiger partial charge in [0.1, 0.15) is 17.6 Å². The van der Waals surface area contributed by atoms with Crippen LogP contribution < -0.4 is 25.8 Å². The Morgan fingerprint density at radius 1 is 0.773 bits per heavy atom. The molecule has 0 spiro atoms. The molecule has 4 rings (SSSR count). The number of hydrogen-bond acceptors (Lipinski definition) is 8. The molecule has 0 saturated heterocycles. The summed E-state index contributed by atoms with van der Waals surface area (Å²) in [7, 11) is 2.59. The number of rotatable bonds is 7. The second-order valence-corrected chi connectivity index (χ2v) is 9.41. The van der Waals surface area contributed by atoms with Gasteiger partial charge in [-0.25, -0.2) is 4.98 Å². The van der Waals surface area contributed by atoms with Gasteiger partial charge in [0.2, 0.25) is 0 Å². The van der Waals surface area contributed by atoms with Crippen molar-refractivity contribution in [1.82, 2.24) is 9.97 Å². The van der Waals surface area contributed by atoms with Crippen LogP contribution in [0.3, 0.4) is 0 Å². The zero-order chi connectivity index (χ0) is 32.7. The van der Waals surface area contributed by atoms with Gasteiger partial charge in [0.25, 0.3) is 0 Å². The van der Waals surface area contributed by atoms with Crippen molar-refractivity contribution in [1.29, 1.82) is 5.26 Å². The quantitative estimate of drug-likeness (QED) is 0.170. The number of nitrogens with two attached hydrogens (primary N) is 1. The first-order chi connectivity index (χ1) is 20.7. The van der Waals surface area contributed by atoms with Gasteiger partial charge in [0.15, 0.2) is 5.69 Å². The third-order valence-electron chi connectivity index (χ3n) is 5.68. The van der Waals surface area contributed by atoms with Gasteiger partial charge in [-0.3, -0.25) is 4.98 Å². The average molecular weight is 659 g/mol. The highest BCUT2D eigenvalue weighted by Crippen LogP contribution is 2.39. The Bertz CT molecular complexity index is 1660. The van der Waals surface area contributed by atoms with E-state index in [1.807, 2.05) is 0 Å². The number of hydrogen-bond donors (Lipinski definition) is 3. The van der Waals surface area contributed by atoms with E-state index in [0.29, 0.717) is 11.4 Å². The minimum Gasteiger partial charge on any atom is -0.497 e. The van der Waals surface area contributed by atoms with Crippen molar-refractivity contribution in [3.05, 3.63) is 93.5 Å². The molecule has 0 unspecified atom stereocenters. The summed E-state index contributed by atoms with van der Waals surface area (Å²) >= 11 is 11.8. The number of aromatic nitrogens is 2. The minimum absolute atomic E-state index is 0.00186. The molecule has 0 atom stereocenters. The number of methoxy groups -OCH3 is 2. The highest BCUT2D eigenvalue weighted by molar-refractivity contribution is 6.32. The fourth-order valence-corrected chi connectivity index (χ4v) is 4.02. The molecular weight excluding hydrogens is 637 g/mol. The summed E-state index contributed by atoms with van der Waals surface area (Å²) in [6, 6.07) is 11.7. The highest BCUT2D eigenvalue weighted by Gasteiger charge is 2.35. The molecular formula is C28H22Cl2F6N6O2. The van der Waals surface area contributed by atoms with Gasteiger partial charge in [-0.05, 0) is 48.5 Å². The lowest BCUT2D eigenvalue weighted by molar-refractivity contribution is -0.137. The molecule has 16 heteroatoms. The van der Waals surface area contributed by atoms with E-state index >= 15 is 0 Å². The zero-order valence-corrected chi connectivity index (χ0v) is 24.3. The summed E-state index contributed by atoms with van der Waals surface area (Å²) < 4.78 is 88.2. The van der Waals surface area contributed by atoms with Crippen LogP contribution in [0.5, 0.6) is 11.5 Å². The predicted octanol–water partition coefficient (Wildman–Crippen LogP) is 8.34. The van der Waals surface area contributed by atoms with E-state index in [2.05, 4.69) is 20.6 Å². The summed E-state index contributed by atoms with van der Waals surface area (Å²) in [6.45, 7) is 0.148. The minimum atomic E-state index is -4.55. The lowest BCUT2D eigenvalue weighted by atomic mass is 10.1. The molecule has 4 N–H and O–H groups in total. The van der Waals surface area contributed by atoms with E-state index in [0.717, 1.165) is 12.1 Å². The van der Waals surface area contributed by atoms with Gasteiger partial charge < -0.3 is 25.8 Å². The molecule has 0 amide bonds. The summed E-state index contributed by atoms with van der Waals surface area (Å²) in [5.74, 6) is 0.210. The fourth-order valence-electron chi connectivity index (χ4n) is 3.57. The average Bonchev–Trinajstić information content (AvgIpc) is 2.97. The second kappa shape index (κ2) is 14.3. The normalized spacial score (nSPS) is 11.1. The van der Waals surface area contributed by atoms with Crippen molar-refractivity contribution in [3.8, 4) is 17.6 Å². The van der Waals surface area contributed by atoms with E-state index < -0.39 is 23.5 Å². The summed E-state index contributed by atoms with van der Waals surface area (Å²) in [4.78, 5) is 7.75. The van der Waals surface area contributed by atoms with Crippen LogP contribution in [0.2, 0.25) is 10.0 Å². The SMILES string of the molecule is COc1ccc(Nc2cnc(C#N)c(Cl)c2)c(C(F)(F)F)c1.COc1ccc(Nc2cnc(CN)c(Cl)c2)c(C(F)(F)F)c1. The van der Waals surface area contributed by atoms with Crippen molar-refractivity contribution < 1.29 is 35.8 Å². The molecule has 2 heterocycles. The lowest BCUT2D eigenvalue weighted by Crippen LogP contribution is -2.09. The summed E-state index contributed by atoms with van der Waals surface area (Å²) in [5, 5.41) is 14.3. The highest BCUT2D eigenvalue weighted by atomic mass is 35.5. The summed E-state index contributed by atoms with van der Waals surface area (Å²) in [6.07, 6.45) is -6.47. The Labute approximate surface area is 257 Å². The second-order valence-electron chi connectivity index (χ2n) is 8.59. The van der Waals surface area contributed by atoms with Gasteiger partial charge in [0.05, 0.1) is 76.2 Å². The van der Waals surface area contributed by atoms with Gasteiger partial charge in [0, 0.05) is 6.54 Å². The smallest absolute Gasteiger partial charge is 0.418 e. The Morgan fingerprint density at radius 3 is 1.59 bits per heavy atom. The number of nitrogens with zero attached hydrogens (tertiary/aromatic N) is 3. The fraction of sp³-hybridized carbons (Fsp3) is 0.179. The van der Waals surface area contributed by atoms with Gasteiger partial charge >= 0.3 is 12.4 Å². The van der Waals surface area contributed by atoms with Crippen LogP contribution in [0.4, 0.5) is 49.1 Å². The van der Waals surface area contributed by atoms with Crippen LogP contribution in [0.15, 0.2) is 60.9 Å². The standard InChI is InChI=1S/C14H13ClF3N3O.C14H9ClF3N3O/c2*1-22-9-2-3-12(10(5-9)14(16,17)18)21-8-4-11(15)13(6-19)20-7-8/h2-5,7,21H,6,19H2,1H3;2-5,7,21H,1H3. The molecule has 0 bridgehead atoms. The number of alkyl halides is 6. The van der Waals surface area contributed by atoms with Gasteiger partial charge in [-0.2, -0.15) is 31.6 Å². The van der Waals surface area contributed by atoms with Crippen molar-refractivity contribution in [2.24, 2.45) is 5.73 Å². The molecule has 44 heavy (non-hydrogen) atoms. The van der Waals surface area contributed by atoms with Crippen molar-refractivity contribution in [2.75, 3.05) is 24.9 Å². The monoisotopic (exact) mass is 658 g/mol. The Kier molecular flexibility index (Phi) is 11.1. The molecule has 4 aromatic rings. The topological polar surface area (TPSA) is 118 Å². The number of nitriles is 1. The third kappa shape index (κ3) is 8.79. The molecule has 0 aliphatic carbocycles. The molecule has 8 nitrogen and oxygen atoms in total. The van der Waals surface area contributed by atoms with Gasteiger partial charge in [-0.15, -0.1) is 0 Å². The molecule has 2 aromatic heterocycles. The molecule has 232 valence electrons. The van der Waals surface area contributed by atoms with E-state index in [4.69, 9.17) is 43.7 Å². The maximum atomic E-state index is 13.1. The molecule has 0 aliphatic heterocycles. The number of benzene rings is 2. The van der Waals surface area contributed by atoms with Crippen LogP contribution in [0.1, 0.15) is 22.5 Å². The Morgan fingerprint density at radius 2 is 1.23 bits per heavy atom. The number of pyridine rings is 2. The number of ether oxygens (including phenoxy) is 2. The van der Waals surface area contributed by atoms with E-state index in [9.17, 15) is 26.3 Å². The van der Waals surface area contributed by atoms with Crippen LogP contribution in [-0.2, 0) is 18.9 Å². The van der Waals surface area contributed by atoms with E-state index in [-0.39, 0.29) is 50.8 Å². The molecule has 0 fully saturated rings. The zero-order valence-electron chi connectivity index (χ0n) is 22.7. The number of anilines is 4. The first-order valence-corrected chi connectivity index (χ1v) is 12.9. The Balaban J connectivity index is 0.000000240. The first-order valence-electron chi connectivity index (χ1n) is 12.1. The van der Waals surface area contributed by atoms with Crippen molar-refractivity contribution in [2.45, 2.75) is 18.9 Å². The predicted molar refractivity (Wildman–Crippen MR) is 154 cm³/mol. The van der Waals surface area contributed by atoms with E-state index in [1.165, 1.54) is 63.0 Å². The molecule has 0 aliphatic rings. The lowest BCUT2D eigenvalue weighted by Gasteiger charge is -2.16. The van der Waals surface area contributed by atoms with Crippen LogP contribution in [-0.4, -0.2) is 24.2 Å². The van der Waals surface area contributed by atoms with E-state index in [1.54, 1.807) is 6.07 Å². The third-order valence-corrected chi connectivity index (χ3v) is 6.30. The first kappa shape index (κ1) is 34.0. The molecule has 2 aromatic carbocycles. The van der Waals surface area contributed by atoms with Crippen LogP contribution >= 0.6 is 23.2 Å². The maximum Gasteiger partial charge on any atom is 0.418 e. The molecule has 0 saturated carbocycles. The van der Waals surface area contributed by atoms with Crippen molar-refractivity contribution in [3.63, 3.8) is 0 Å². The van der Waals surface area contributed by atoms with Crippen LogP contribution in [0, 0.1) is 11.3 Å². The van der Waals surface area contributed by atoms with Gasteiger partial charge in [-0.1, -0.05) is 23.2 Å². The Hall–Kier alpha value is -4.45. The van der Waals surface area contributed by atoms with Crippen molar-refractivity contribution >= 4 is 46.0 Å². The number of halogens is 8. The van der Waals surface area contributed by atoms with Crippen LogP contribution in [0.25, 0.3) is 0 Å². The maximum absolute atomic E-state index is 13.1. The summed E-state index contributed by atoms with van der Waals surface area (Å²) in [5.41, 5.74) is 4.46. The number of nitrogens with one attached hydrogen (secondary N) is 2.